The summed E-state index contributed by atoms with van der Waals surface area (Å²) in [6.45, 7) is 5.19. The Kier molecular flexibility index (Phi) is 4.96. The highest BCUT2D eigenvalue weighted by Crippen LogP contribution is 2.19. The van der Waals surface area contributed by atoms with Gasteiger partial charge in [-0.05, 0) is 32.9 Å². The Morgan fingerprint density at radius 1 is 1.25 bits per heavy atom. The molecule has 3 N–H and O–H groups in total. The second kappa shape index (κ2) is 6.27. The lowest BCUT2D eigenvalue weighted by Crippen LogP contribution is -2.42. The molecule has 0 aliphatic carbocycles. The molecule has 0 atom stereocenters. The number of amides is 1. The molecule has 0 spiro atoms. The van der Waals surface area contributed by atoms with E-state index in [1.54, 1.807) is 6.07 Å². The molecule has 0 saturated carbocycles. The summed E-state index contributed by atoms with van der Waals surface area (Å²) in [5, 5.41) is 2.69. The third-order valence-corrected chi connectivity index (χ3v) is 2.25. The summed E-state index contributed by atoms with van der Waals surface area (Å²) in [7, 11) is 1.47. The van der Waals surface area contributed by atoms with Gasteiger partial charge in [0.05, 0.1) is 12.7 Å². The monoisotopic (exact) mass is 280 g/mol. The normalized spacial score (nSPS) is 10.8. The van der Waals surface area contributed by atoms with Crippen molar-refractivity contribution in [3.63, 3.8) is 0 Å². The highest BCUT2D eigenvalue weighted by Gasteiger charge is 2.16. The first kappa shape index (κ1) is 15.8. The van der Waals surface area contributed by atoms with Crippen molar-refractivity contribution in [2.75, 3.05) is 19.5 Å². The fourth-order valence-corrected chi connectivity index (χ4v) is 1.53. The van der Waals surface area contributed by atoms with E-state index in [1.807, 2.05) is 20.8 Å². The zero-order valence-electron chi connectivity index (χ0n) is 12.1. The molecule has 6 heteroatoms. The van der Waals surface area contributed by atoms with Crippen LogP contribution in [0.2, 0.25) is 0 Å². The maximum absolute atomic E-state index is 11.8. The maximum Gasteiger partial charge on any atom is 0.338 e. The topological polar surface area (TPSA) is 90.7 Å². The molecule has 1 amide bonds. The highest BCUT2D eigenvalue weighted by atomic mass is 16.5. The Labute approximate surface area is 118 Å². The van der Waals surface area contributed by atoms with Crippen LogP contribution in [0.1, 0.15) is 31.1 Å². The molecular weight excluding hydrogens is 260 g/mol. The van der Waals surface area contributed by atoms with E-state index in [9.17, 15) is 9.59 Å². The Balaban J connectivity index is 2.63. The van der Waals surface area contributed by atoms with Crippen LogP contribution in [0.4, 0.5) is 5.69 Å². The van der Waals surface area contributed by atoms with E-state index in [-0.39, 0.29) is 23.6 Å². The van der Waals surface area contributed by atoms with Crippen LogP contribution in [0.25, 0.3) is 0 Å². The molecular formula is C14H20N2O4. The first-order valence-electron chi connectivity index (χ1n) is 6.14. The second-order valence-corrected chi connectivity index (χ2v) is 5.37. The number of hydrogen-bond donors (Lipinski definition) is 2. The minimum atomic E-state index is -0.625. The van der Waals surface area contributed by atoms with E-state index in [1.165, 1.54) is 19.2 Å². The second-order valence-electron chi connectivity index (χ2n) is 5.37. The zero-order chi connectivity index (χ0) is 15.3. The molecule has 110 valence electrons. The molecule has 6 nitrogen and oxygen atoms in total. The summed E-state index contributed by atoms with van der Waals surface area (Å²) in [5.74, 6) is -0.530. The van der Waals surface area contributed by atoms with Crippen LogP contribution >= 0.6 is 0 Å². The predicted octanol–water partition coefficient (Wildman–Crippen LogP) is 1.35. The summed E-state index contributed by atoms with van der Waals surface area (Å²) in [6.07, 6.45) is 0. The van der Waals surface area contributed by atoms with Crippen LogP contribution < -0.4 is 15.8 Å². The lowest BCUT2D eigenvalue weighted by Gasteiger charge is -2.20. The average Bonchev–Trinajstić information content (AvgIpc) is 2.33. The number of esters is 1. The molecule has 1 aromatic rings. The third-order valence-electron chi connectivity index (χ3n) is 2.25. The van der Waals surface area contributed by atoms with Gasteiger partial charge in [-0.1, -0.05) is 0 Å². The summed E-state index contributed by atoms with van der Waals surface area (Å²) in [5.41, 5.74) is 5.90. The fourth-order valence-electron chi connectivity index (χ4n) is 1.53. The van der Waals surface area contributed by atoms with Crippen molar-refractivity contribution in [1.82, 2.24) is 5.32 Å². The number of anilines is 1. The van der Waals surface area contributed by atoms with Gasteiger partial charge in [-0.25, -0.2) is 4.79 Å². The minimum absolute atomic E-state index is 0.241. The van der Waals surface area contributed by atoms with E-state index < -0.39 is 5.97 Å². The molecule has 0 bridgehead atoms. The van der Waals surface area contributed by atoms with Gasteiger partial charge in [-0.15, -0.1) is 0 Å². The first-order chi connectivity index (χ1) is 9.21. The zero-order valence-corrected chi connectivity index (χ0v) is 12.1. The number of benzene rings is 1. The molecule has 0 aliphatic heterocycles. The van der Waals surface area contributed by atoms with Gasteiger partial charge in [0.15, 0.2) is 6.61 Å². The lowest BCUT2D eigenvalue weighted by atomic mass is 10.1. The Morgan fingerprint density at radius 3 is 2.45 bits per heavy atom. The molecule has 0 fully saturated rings. The van der Waals surface area contributed by atoms with Crippen molar-refractivity contribution < 1.29 is 19.1 Å². The van der Waals surface area contributed by atoms with Crippen LogP contribution in [0.5, 0.6) is 5.75 Å². The number of nitrogens with two attached hydrogens (primary N) is 1. The number of hydrogen-bond acceptors (Lipinski definition) is 5. The van der Waals surface area contributed by atoms with Crippen molar-refractivity contribution in [2.24, 2.45) is 0 Å². The Bertz CT molecular complexity index is 506. The van der Waals surface area contributed by atoms with E-state index in [4.69, 9.17) is 15.2 Å². The summed E-state index contributed by atoms with van der Waals surface area (Å²) >= 11 is 0. The SMILES string of the molecule is COc1cc(N)cc(C(=O)OCC(=O)NC(C)(C)C)c1. The largest absolute Gasteiger partial charge is 0.497 e. The number of rotatable bonds is 4. The van der Waals surface area contributed by atoms with Gasteiger partial charge in [0.25, 0.3) is 5.91 Å². The van der Waals surface area contributed by atoms with E-state index in [2.05, 4.69) is 5.32 Å². The lowest BCUT2D eigenvalue weighted by molar-refractivity contribution is -0.125. The van der Waals surface area contributed by atoms with Crippen molar-refractivity contribution in [2.45, 2.75) is 26.3 Å². The number of nitrogens with one attached hydrogen (secondary N) is 1. The molecule has 0 aromatic heterocycles. The number of nitrogen functional groups attached to an aromatic ring is 1. The third kappa shape index (κ3) is 5.17. The van der Waals surface area contributed by atoms with Crippen LogP contribution in [-0.2, 0) is 9.53 Å². The molecule has 0 aliphatic rings. The van der Waals surface area contributed by atoms with Gasteiger partial charge in [-0.3, -0.25) is 4.79 Å². The number of methoxy groups -OCH3 is 1. The molecule has 1 aromatic carbocycles. The molecule has 20 heavy (non-hydrogen) atoms. The van der Waals surface area contributed by atoms with Crippen molar-refractivity contribution in [3.05, 3.63) is 23.8 Å². The van der Waals surface area contributed by atoms with Crippen molar-refractivity contribution >= 4 is 17.6 Å². The number of ether oxygens (including phenoxy) is 2. The molecule has 0 unspecified atom stereocenters. The van der Waals surface area contributed by atoms with Crippen LogP contribution in [-0.4, -0.2) is 31.1 Å². The van der Waals surface area contributed by atoms with Crippen molar-refractivity contribution in [3.8, 4) is 5.75 Å². The van der Waals surface area contributed by atoms with Gasteiger partial charge in [0.1, 0.15) is 5.75 Å². The van der Waals surface area contributed by atoms with Crippen LogP contribution in [0, 0.1) is 0 Å². The van der Waals surface area contributed by atoms with Gasteiger partial charge in [-0.2, -0.15) is 0 Å². The molecule has 1 rings (SSSR count). The van der Waals surface area contributed by atoms with E-state index in [0.717, 1.165) is 0 Å². The summed E-state index contributed by atoms with van der Waals surface area (Å²) in [4.78, 5) is 23.4. The fraction of sp³-hybridized carbons (Fsp3) is 0.429. The van der Waals surface area contributed by atoms with Crippen LogP contribution in [0.3, 0.4) is 0 Å². The van der Waals surface area contributed by atoms with Gasteiger partial charge < -0.3 is 20.5 Å². The minimum Gasteiger partial charge on any atom is -0.497 e. The molecule has 0 heterocycles. The molecule has 0 saturated heterocycles. The van der Waals surface area contributed by atoms with E-state index >= 15 is 0 Å². The summed E-state index contributed by atoms with van der Waals surface area (Å²) < 4.78 is 9.94. The van der Waals surface area contributed by atoms with Crippen molar-refractivity contribution in [1.29, 1.82) is 0 Å². The number of carbonyl (C=O) groups is 2. The highest BCUT2D eigenvalue weighted by molar-refractivity contribution is 5.92. The van der Waals surface area contributed by atoms with Gasteiger partial charge >= 0.3 is 5.97 Å². The van der Waals surface area contributed by atoms with E-state index in [0.29, 0.717) is 11.4 Å². The Morgan fingerprint density at radius 2 is 1.90 bits per heavy atom. The number of carbonyl (C=O) groups excluding carboxylic acids is 2. The van der Waals surface area contributed by atoms with Gasteiger partial charge in [0, 0.05) is 17.3 Å². The standard InChI is InChI=1S/C14H20N2O4/c1-14(2,3)16-12(17)8-20-13(18)9-5-10(15)7-11(6-9)19-4/h5-7H,8,15H2,1-4H3,(H,16,17). The smallest absolute Gasteiger partial charge is 0.338 e. The summed E-state index contributed by atoms with van der Waals surface area (Å²) in [6, 6.07) is 4.55. The quantitative estimate of drug-likeness (QED) is 0.641. The van der Waals surface area contributed by atoms with Crippen LogP contribution in [0.15, 0.2) is 18.2 Å². The average molecular weight is 280 g/mol. The first-order valence-corrected chi connectivity index (χ1v) is 6.14. The Hall–Kier alpha value is -2.24. The molecule has 0 radical (unpaired) electrons. The van der Waals surface area contributed by atoms with Gasteiger partial charge in [0.2, 0.25) is 0 Å². The maximum atomic E-state index is 11.8. The predicted molar refractivity (Wildman–Crippen MR) is 75.6 cm³/mol.